The molecule has 2 amide bonds. The summed E-state index contributed by atoms with van der Waals surface area (Å²) in [7, 11) is 0. The zero-order valence-electron chi connectivity index (χ0n) is 14.3. The van der Waals surface area contributed by atoms with Crippen molar-refractivity contribution in [2.75, 3.05) is 13.2 Å². The van der Waals surface area contributed by atoms with Crippen molar-refractivity contribution in [3.8, 4) is 11.5 Å². The van der Waals surface area contributed by atoms with Crippen LogP contribution in [-0.2, 0) is 9.59 Å². The lowest BCUT2D eigenvalue weighted by atomic mass is 10.2. The summed E-state index contributed by atoms with van der Waals surface area (Å²) in [6, 6.07) is 3.68. The third kappa shape index (κ3) is 6.04. The quantitative estimate of drug-likeness (QED) is 0.390. The Kier molecular flexibility index (Phi) is 7.24. The minimum atomic E-state index is -0.785. The van der Waals surface area contributed by atoms with Crippen LogP contribution >= 0.6 is 15.9 Å². The molecule has 0 heterocycles. The van der Waals surface area contributed by atoms with Gasteiger partial charge in [0.1, 0.15) is 0 Å². The summed E-state index contributed by atoms with van der Waals surface area (Å²) in [5, 5.41) is 6.43. The van der Waals surface area contributed by atoms with Crippen LogP contribution in [0.15, 0.2) is 21.7 Å². The number of halogens is 1. The van der Waals surface area contributed by atoms with Gasteiger partial charge in [-0.15, -0.1) is 0 Å². The van der Waals surface area contributed by atoms with Gasteiger partial charge < -0.3 is 14.8 Å². The second kappa shape index (κ2) is 9.41. The number of benzene rings is 1. The smallest absolute Gasteiger partial charge is 0.329 e. The van der Waals surface area contributed by atoms with Gasteiger partial charge in [-0.3, -0.25) is 9.59 Å². The summed E-state index contributed by atoms with van der Waals surface area (Å²) in [5.41, 5.74) is 2.91. The Bertz CT molecular complexity index is 660. The molecule has 0 saturated heterocycles. The highest BCUT2D eigenvalue weighted by Gasteiger charge is 2.26. The molecule has 0 radical (unpaired) electrons. The number of amides is 2. The largest absolute Gasteiger partial charge is 0.490 e. The summed E-state index contributed by atoms with van der Waals surface area (Å²) in [6.45, 7) is 5.00. The molecule has 8 heteroatoms. The van der Waals surface area contributed by atoms with Crippen LogP contribution in [0.2, 0.25) is 0 Å². The summed E-state index contributed by atoms with van der Waals surface area (Å²) in [5.74, 6) is -0.219. The minimum Gasteiger partial charge on any atom is -0.490 e. The van der Waals surface area contributed by atoms with E-state index in [4.69, 9.17) is 9.47 Å². The molecule has 1 aliphatic rings. The first-order valence-electron chi connectivity index (χ1n) is 8.28. The third-order valence-corrected chi connectivity index (χ3v) is 4.00. The van der Waals surface area contributed by atoms with Crippen molar-refractivity contribution in [2.45, 2.75) is 39.2 Å². The molecule has 1 aliphatic carbocycles. The maximum atomic E-state index is 11.6. The average molecular weight is 412 g/mol. The molecular formula is C17H22BrN3O4. The molecule has 2 N–H and O–H groups in total. The van der Waals surface area contributed by atoms with Gasteiger partial charge in [0, 0.05) is 16.1 Å². The van der Waals surface area contributed by atoms with Gasteiger partial charge in [-0.1, -0.05) is 6.92 Å². The molecule has 0 aliphatic heterocycles. The first kappa shape index (κ1) is 19.2. The normalized spacial score (nSPS) is 13.6. The fourth-order valence-electron chi connectivity index (χ4n) is 1.93. The number of nitrogens with zero attached hydrogens (tertiary/aromatic N) is 1. The van der Waals surface area contributed by atoms with Crippen molar-refractivity contribution in [2.24, 2.45) is 5.10 Å². The molecule has 0 unspecified atom stereocenters. The number of carbonyl (C=O) groups is 2. The highest BCUT2D eigenvalue weighted by Crippen LogP contribution is 2.33. The molecule has 0 bridgehead atoms. The molecular weight excluding hydrogens is 390 g/mol. The van der Waals surface area contributed by atoms with Crippen molar-refractivity contribution < 1.29 is 19.1 Å². The van der Waals surface area contributed by atoms with Crippen molar-refractivity contribution >= 4 is 34.0 Å². The predicted octanol–water partition coefficient (Wildman–Crippen LogP) is 2.37. The molecule has 7 nitrogen and oxygen atoms in total. The average Bonchev–Trinajstić information content (AvgIpc) is 3.39. The second-order valence-corrected chi connectivity index (χ2v) is 6.40. The molecule has 136 valence electrons. The first-order valence-corrected chi connectivity index (χ1v) is 9.07. The number of nitrogens with one attached hydrogen (secondary N) is 2. The number of carbonyl (C=O) groups excluding carboxylic acids is 2. The van der Waals surface area contributed by atoms with Crippen molar-refractivity contribution in [1.82, 2.24) is 10.7 Å². The van der Waals surface area contributed by atoms with E-state index in [1.165, 1.54) is 6.21 Å². The van der Waals surface area contributed by atoms with Crippen LogP contribution in [0, 0.1) is 0 Å². The first-order chi connectivity index (χ1) is 12.0. The third-order valence-electron chi connectivity index (χ3n) is 3.31. The molecule has 1 fully saturated rings. The topological polar surface area (TPSA) is 89.0 Å². The maximum absolute atomic E-state index is 11.6. The summed E-state index contributed by atoms with van der Waals surface area (Å²) in [4.78, 5) is 23.2. The Hall–Kier alpha value is -2.09. The van der Waals surface area contributed by atoms with E-state index >= 15 is 0 Å². The van der Waals surface area contributed by atoms with Crippen LogP contribution in [0.4, 0.5) is 0 Å². The fraction of sp³-hybridized carbons (Fsp3) is 0.471. The van der Waals surface area contributed by atoms with E-state index in [2.05, 4.69) is 31.8 Å². The summed E-state index contributed by atoms with van der Waals surface area (Å²) in [6.07, 6.45) is 4.17. The molecule has 25 heavy (non-hydrogen) atoms. The zero-order chi connectivity index (χ0) is 18.2. The lowest BCUT2D eigenvalue weighted by Crippen LogP contribution is -2.38. The van der Waals surface area contributed by atoms with Gasteiger partial charge >= 0.3 is 11.8 Å². The van der Waals surface area contributed by atoms with Gasteiger partial charge in [-0.25, -0.2) is 5.43 Å². The second-order valence-electron chi connectivity index (χ2n) is 5.55. The van der Waals surface area contributed by atoms with Gasteiger partial charge in [0.2, 0.25) is 0 Å². The van der Waals surface area contributed by atoms with Gasteiger partial charge in [0.15, 0.2) is 11.5 Å². The summed E-state index contributed by atoms with van der Waals surface area (Å²) >= 11 is 3.44. The van der Waals surface area contributed by atoms with Gasteiger partial charge in [-0.05, 0) is 54.2 Å². The van der Waals surface area contributed by atoms with Gasteiger partial charge in [0.25, 0.3) is 0 Å². The number of hydrogen-bond acceptors (Lipinski definition) is 5. The molecule has 2 rings (SSSR count). The lowest BCUT2D eigenvalue weighted by molar-refractivity contribution is -0.139. The Labute approximate surface area is 155 Å². The highest BCUT2D eigenvalue weighted by molar-refractivity contribution is 9.10. The predicted molar refractivity (Wildman–Crippen MR) is 98.0 cm³/mol. The van der Waals surface area contributed by atoms with Crippen molar-refractivity contribution in [1.29, 1.82) is 0 Å². The Morgan fingerprint density at radius 2 is 1.96 bits per heavy atom. The van der Waals surface area contributed by atoms with Gasteiger partial charge in [-0.2, -0.15) is 5.10 Å². The summed E-state index contributed by atoms with van der Waals surface area (Å²) < 4.78 is 12.0. The molecule has 1 saturated carbocycles. The Balaban J connectivity index is 2.02. The number of ether oxygens (including phenoxy) is 2. The van der Waals surface area contributed by atoms with Crippen LogP contribution < -0.4 is 20.2 Å². The van der Waals surface area contributed by atoms with Crippen LogP contribution in [0.1, 0.15) is 38.7 Å². The number of rotatable bonds is 8. The van der Waals surface area contributed by atoms with E-state index in [1.807, 2.05) is 13.8 Å². The van der Waals surface area contributed by atoms with Crippen LogP contribution in [0.3, 0.4) is 0 Å². The molecule has 0 atom stereocenters. The van der Waals surface area contributed by atoms with Crippen LogP contribution in [0.5, 0.6) is 11.5 Å². The fourth-order valence-corrected chi connectivity index (χ4v) is 2.36. The maximum Gasteiger partial charge on any atom is 0.329 e. The van der Waals surface area contributed by atoms with Crippen molar-refractivity contribution in [3.63, 3.8) is 0 Å². The van der Waals surface area contributed by atoms with E-state index in [0.29, 0.717) is 30.3 Å². The SMILES string of the molecule is CCCOc1cc(Br)c(/C=N\NC(=O)C(=O)NC2CC2)cc1OCC. The van der Waals surface area contributed by atoms with Gasteiger partial charge in [0.05, 0.1) is 19.4 Å². The monoisotopic (exact) mass is 411 g/mol. The molecule has 1 aromatic rings. The van der Waals surface area contributed by atoms with E-state index in [9.17, 15) is 9.59 Å². The highest BCUT2D eigenvalue weighted by atomic mass is 79.9. The van der Waals surface area contributed by atoms with E-state index < -0.39 is 11.8 Å². The number of hydrogen-bond donors (Lipinski definition) is 2. The lowest BCUT2D eigenvalue weighted by Gasteiger charge is -2.13. The van der Waals surface area contributed by atoms with Crippen LogP contribution in [-0.4, -0.2) is 37.3 Å². The zero-order valence-corrected chi connectivity index (χ0v) is 15.9. The van der Waals surface area contributed by atoms with E-state index in [0.717, 1.165) is 23.7 Å². The van der Waals surface area contributed by atoms with E-state index in [-0.39, 0.29) is 6.04 Å². The molecule has 1 aromatic carbocycles. The standard InChI is InChI=1S/C17H22BrN3O4/c1-3-7-25-15-9-13(18)11(8-14(15)24-4-2)10-19-21-17(23)16(22)20-12-5-6-12/h8-10,12H,3-7H2,1-2H3,(H,20,22)(H,21,23)/b19-10-. The van der Waals surface area contributed by atoms with Crippen LogP contribution in [0.25, 0.3) is 0 Å². The minimum absolute atomic E-state index is 0.126. The van der Waals surface area contributed by atoms with E-state index in [1.54, 1.807) is 12.1 Å². The molecule has 0 aromatic heterocycles. The van der Waals surface area contributed by atoms with Crippen molar-refractivity contribution in [3.05, 3.63) is 22.2 Å². The Morgan fingerprint density at radius 1 is 1.24 bits per heavy atom. The Morgan fingerprint density at radius 3 is 2.60 bits per heavy atom. The molecule has 0 spiro atoms. The number of hydrazone groups is 1.